The van der Waals surface area contributed by atoms with E-state index in [2.05, 4.69) is 12.6 Å². The molecular weight excluding hydrogens is 475 g/mol. The lowest BCUT2D eigenvalue weighted by molar-refractivity contribution is -0.113. The molecule has 0 spiro atoms. The van der Waals surface area contributed by atoms with Crippen LogP contribution in [0, 0.1) is 5.82 Å². The van der Waals surface area contributed by atoms with E-state index in [0.717, 1.165) is 5.06 Å². The summed E-state index contributed by atoms with van der Waals surface area (Å²) in [6.07, 6.45) is -1.29. The molecule has 1 aromatic rings. The van der Waals surface area contributed by atoms with E-state index in [0.29, 0.717) is 24.5 Å². The molecule has 3 rings (SSSR count). The second kappa shape index (κ2) is 9.77. The van der Waals surface area contributed by atoms with Gasteiger partial charge in [0, 0.05) is 33.2 Å². The molecule has 172 valence electrons. The van der Waals surface area contributed by atoms with Gasteiger partial charge in [-0.1, -0.05) is 12.6 Å². The maximum Gasteiger partial charge on any atom is 0.414 e. The molecule has 0 bridgehead atoms. The number of rotatable bonds is 7. The Hall–Kier alpha value is -1.80. The summed E-state index contributed by atoms with van der Waals surface area (Å²) in [4.78, 5) is 31.4. The van der Waals surface area contributed by atoms with Crippen molar-refractivity contribution in [2.45, 2.75) is 6.10 Å². The van der Waals surface area contributed by atoms with Gasteiger partial charge in [-0.3, -0.25) is 14.5 Å². The number of anilines is 2. The Labute approximate surface area is 189 Å². The minimum atomic E-state index is -3.50. The molecule has 1 aromatic carbocycles. The number of alkyl halides is 1. The van der Waals surface area contributed by atoms with Crippen LogP contribution in [0.4, 0.5) is 25.4 Å². The third-order valence-electron chi connectivity index (χ3n) is 4.95. The molecule has 0 radical (unpaired) electrons. The van der Waals surface area contributed by atoms with Crippen molar-refractivity contribution in [1.29, 1.82) is 0 Å². The summed E-state index contributed by atoms with van der Waals surface area (Å²) in [5.41, 5.74) is 0.628. The van der Waals surface area contributed by atoms with Gasteiger partial charge in [0.05, 0.1) is 17.9 Å². The Morgan fingerprint density at radius 2 is 2.03 bits per heavy atom. The van der Waals surface area contributed by atoms with E-state index in [1.807, 2.05) is 0 Å². The molecule has 0 saturated carbocycles. The lowest BCUT2D eigenvalue weighted by Crippen LogP contribution is -2.49. The molecule has 2 aliphatic heterocycles. The minimum Gasteiger partial charge on any atom is -0.441 e. The van der Waals surface area contributed by atoms with Crippen molar-refractivity contribution in [3.8, 4) is 0 Å². The normalized spacial score (nSPS) is 20.1. The number of hydrogen-bond acceptors (Lipinski definition) is 7. The van der Waals surface area contributed by atoms with Crippen LogP contribution in [0.5, 0.6) is 0 Å². The third-order valence-corrected chi connectivity index (χ3v) is 7.49. The van der Waals surface area contributed by atoms with E-state index in [9.17, 15) is 22.4 Å². The fraction of sp³-hybridized carbons (Fsp3) is 0.529. The number of halogens is 2. The fourth-order valence-electron chi connectivity index (χ4n) is 3.27. The molecule has 0 N–H and O–H groups in total. The number of amides is 2. The predicted molar refractivity (Wildman–Crippen MR) is 116 cm³/mol. The zero-order valence-electron chi connectivity index (χ0n) is 16.6. The Kier molecular flexibility index (Phi) is 7.52. The van der Waals surface area contributed by atoms with Gasteiger partial charge in [-0.2, -0.15) is 4.31 Å². The zero-order chi connectivity index (χ0) is 22.8. The van der Waals surface area contributed by atoms with Crippen molar-refractivity contribution in [1.82, 2.24) is 9.37 Å². The molecule has 2 fully saturated rings. The maximum absolute atomic E-state index is 14.8. The quantitative estimate of drug-likeness (QED) is 0.348. The molecule has 0 aromatic heterocycles. The molecule has 14 heteroatoms. The van der Waals surface area contributed by atoms with Gasteiger partial charge in [0.1, 0.15) is 23.7 Å². The van der Waals surface area contributed by atoms with E-state index in [1.54, 1.807) is 17.0 Å². The number of hydrogen-bond donors (Lipinski definition) is 1. The molecule has 2 aliphatic rings. The van der Waals surface area contributed by atoms with Crippen LogP contribution in [-0.4, -0.2) is 86.8 Å². The SMILES string of the molecule is CN(OC[C@@H]1CN(c2ccc(N3CCN(S(=O)(=O)CCl)CC3)c(F)c2)C(=O)O1)C(=O)S. The summed E-state index contributed by atoms with van der Waals surface area (Å²) in [5.74, 6) is -0.543. The van der Waals surface area contributed by atoms with Crippen molar-refractivity contribution in [2.75, 3.05) is 61.4 Å². The van der Waals surface area contributed by atoms with Gasteiger partial charge in [-0.25, -0.2) is 22.7 Å². The molecule has 2 amide bonds. The standard InChI is InChI=1S/C17H22ClFN4O6S2/c1-20(17(25)30)28-10-13-9-23(16(24)29-13)12-2-3-15(14(19)8-12)21-4-6-22(7-5-21)31(26,27)11-18/h2-3,8,13H,4-7,9-11H2,1H3,(H,25,30)/t13-/m0/s1. The van der Waals surface area contributed by atoms with Crippen molar-refractivity contribution < 1.29 is 32.0 Å². The van der Waals surface area contributed by atoms with Crippen molar-refractivity contribution in [2.24, 2.45) is 0 Å². The summed E-state index contributed by atoms with van der Waals surface area (Å²) in [6, 6.07) is 4.36. The highest BCUT2D eigenvalue weighted by Crippen LogP contribution is 2.29. The van der Waals surface area contributed by atoms with Gasteiger partial charge in [-0.05, 0) is 18.2 Å². The van der Waals surface area contributed by atoms with Crippen molar-refractivity contribution in [3.05, 3.63) is 24.0 Å². The molecule has 31 heavy (non-hydrogen) atoms. The topological polar surface area (TPSA) is 99.7 Å². The molecule has 0 aliphatic carbocycles. The summed E-state index contributed by atoms with van der Waals surface area (Å²) in [7, 11) is -2.12. The van der Waals surface area contributed by atoms with Gasteiger partial charge in [0.15, 0.2) is 0 Å². The highest BCUT2D eigenvalue weighted by Gasteiger charge is 2.34. The summed E-state index contributed by atoms with van der Waals surface area (Å²) in [6.45, 7) is 1.12. The number of nitrogens with zero attached hydrogens (tertiary/aromatic N) is 4. The molecular formula is C17H22ClFN4O6S2. The van der Waals surface area contributed by atoms with Gasteiger partial charge in [0.2, 0.25) is 10.0 Å². The largest absolute Gasteiger partial charge is 0.441 e. The highest BCUT2D eigenvalue weighted by molar-refractivity contribution is 7.96. The Balaban J connectivity index is 1.62. The molecule has 2 saturated heterocycles. The monoisotopic (exact) mass is 496 g/mol. The second-order valence-corrected chi connectivity index (χ2v) is 9.87. The predicted octanol–water partition coefficient (Wildman–Crippen LogP) is 1.71. The average molecular weight is 497 g/mol. The number of hydroxylamine groups is 2. The van der Waals surface area contributed by atoms with Crippen LogP contribution >= 0.6 is 24.2 Å². The first-order valence-corrected chi connectivity index (χ1v) is 11.9. The first kappa shape index (κ1) is 23.9. The first-order valence-electron chi connectivity index (χ1n) is 9.28. The number of carbonyl (C=O) groups excluding carboxylic acids is 2. The number of carbonyl (C=O) groups is 2. The Morgan fingerprint density at radius 1 is 1.35 bits per heavy atom. The molecule has 10 nitrogen and oxygen atoms in total. The Bertz CT molecular complexity index is 945. The summed E-state index contributed by atoms with van der Waals surface area (Å²) in [5, 5.41) is -0.179. The number of thiol groups is 1. The van der Waals surface area contributed by atoms with E-state index >= 15 is 0 Å². The van der Waals surface area contributed by atoms with Gasteiger partial charge < -0.3 is 9.64 Å². The van der Waals surface area contributed by atoms with E-state index in [1.165, 1.54) is 22.3 Å². The number of piperazine rings is 1. The smallest absolute Gasteiger partial charge is 0.414 e. The van der Waals surface area contributed by atoms with E-state index in [-0.39, 0.29) is 26.2 Å². The Morgan fingerprint density at radius 3 is 2.61 bits per heavy atom. The molecule has 1 atom stereocenters. The summed E-state index contributed by atoms with van der Waals surface area (Å²) >= 11 is 9.09. The number of benzene rings is 1. The van der Waals surface area contributed by atoms with E-state index in [4.69, 9.17) is 21.2 Å². The third kappa shape index (κ3) is 5.52. The van der Waals surface area contributed by atoms with Crippen LogP contribution in [-0.2, 0) is 19.6 Å². The maximum atomic E-state index is 14.8. The second-order valence-electron chi connectivity index (χ2n) is 6.93. The highest BCUT2D eigenvalue weighted by atomic mass is 35.5. The minimum absolute atomic E-state index is 0.0545. The van der Waals surface area contributed by atoms with Crippen LogP contribution in [0.25, 0.3) is 0 Å². The zero-order valence-corrected chi connectivity index (χ0v) is 19.1. The van der Waals surface area contributed by atoms with Gasteiger partial charge in [-0.15, -0.1) is 11.6 Å². The summed E-state index contributed by atoms with van der Waals surface area (Å²) < 4.78 is 45.0. The lowest BCUT2D eigenvalue weighted by Gasteiger charge is -2.35. The van der Waals surface area contributed by atoms with E-state index < -0.39 is 38.5 Å². The van der Waals surface area contributed by atoms with Gasteiger partial charge >= 0.3 is 11.3 Å². The number of cyclic esters (lactones) is 1. The first-order chi connectivity index (χ1) is 14.6. The van der Waals surface area contributed by atoms with Crippen LogP contribution in [0.3, 0.4) is 0 Å². The number of ether oxygens (including phenoxy) is 1. The van der Waals surface area contributed by atoms with Gasteiger partial charge in [0.25, 0.3) is 0 Å². The fourth-order valence-corrected chi connectivity index (χ4v) is 4.60. The molecule has 2 heterocycles. The van der Waals surface area contributed by atoms with Crippen molar-refractivity contribution in [3.63, 3.8) is 0 Å². The van der Waals surface area contributed by atoms with Crippen LogP contribution in [0.2, 0.25) is 0 Å². The lowest BCUT2D eigenvalue weighted by atomic mass is 10.2. The molecule has 0 unspecified atom stereocenters. The number of sulfonamides is 1. The van der Waals surface area contributed by atoms with Crippen molar-refractivity contribution >= 4 is 57.0 Å². The van der Waals surface area contributed by atoms with Crippen LogP contribution < -0.4 is 9.80 Å². The van der Waals surface area contributed by atoms with Crippen LogP contribution in [0.1, 0.15) is 0 Å². The average Bonchev–Trinajstić information content (AvgIpc) is 3.12. The van der Waals surface area contributed by atoms with Crippen LogP contribution in [0.15, 0.2) is 18.2 Å².